The number of nitrogens with one attached hydrogen (secondary N) is 5. The third kappa shape index (κ3) is 4.09. The van der Waals surface area contributed by atoms with Crippen molar-refractivity contribution in [2.45, 2.75) is 6.04 Å². The molecule has 8 nitrogen and oxygen atoms in total. The van der Waals surface area contributed by atoms with Crippen molar-refractivity contribution < 1.29 is 9.53 Å². The minimum Gasteiger partial charge on any atom is -0.385 e. The van der Waals surface area contributed by atoms with Crippen molar-refractivity contribution in [2.24, 2.45) is 0 Å². The summed E-state index contributed by atoms with van der Waals surface area (Å²) >= 11 is 0. The summed E-state index contributed by atoms with van der Waals surface area (Å²) in [4.78, 5) is 16.9. The normalized spacial score (nSPS) is 17.6. The Labute approximate surface area is 151 Å². The molecule has 0 aliphatic carbocycles. The zero-order valence-corrected chi connectivity index (χ0v) is 14.5. The third-order valence-corrected chi connectivity index (χ3v) is 4.03. The summed E-state index contributed by atoms with van der Waals surface area (Å²) in [5.41, 5.74) is 2.29. The number of rotatable bonds is 3. The molecule has 1 aromatic heterocycles. The quantitative estimate of drug-likeness (QED) is 0.544. The molecule has 8 heteroatoms. The van der Waals surface area contributed by atoms with Gasteiger partial charge in [0, 0.05) is 25.4 Å². The predicted molar refractivity (Wildman–Crippen MR) is 102 cm³/mol. The highest BCUT2D eigenvalue weighted by molar-refractivity contribution is 5.95. The van der Waals surface area contributed by atoms with E-state index in [-0.39, 0.29) is 12.1 Å². The number of pyridine rings is 1. The summed E-state index contributed by atoms with van der Waals surface area (Å²) in [6, 6.07) is 10.7. The topological polar surface area (TPSA) is 111 Å². The van der Waals surface area contributed by atoms with Gasteiger partial charge in [-0.1, -0.05) is 30.3 Å². The van der Waals surface area contributed by atoms with Gasteiger partial charge in [0.15, 0.2) is 5.82 Å². The Hall–Kier alpha value is -3.13. The van der Waals surface area contributed by atoms with Crippen LogP contribution in [-0.2, 0) is 4.74 Å². The maximum Gasteiger partial charge on any atom is 0.320 e. The SMILES string of the molecule is CNc1c(C=N)cc2nc1NCCOC[C@H](c1ccccc1)NC(=O)N2. The molecule has 26 heavy (non-hydrogen) atoms. The molecule has 0 unspecified atom stereocenters. The largest absolute Gasteiger partial charge is 0.385 e. The summed E-state index contributed by atoms with van der Waals surface area (Å²) in [7, 11) is 1.76. The molecule has 2 bridgehead atoms. The molecule has 0 saturated heterocycles. The molecule has 2 aromatic rings. The van der Waals surface area contributed by atoms with Crippen molar-refractivity contribution in [1.29, 1.82) is 5.41 Å². The van der Waals surface area contributed by atoms with Crippen LogP contribution in [0, 0.1) is 5.41 Å². The molecule has 1 atom stereocenters. The number of amides is 2. The minimum atomic E-state index is -0.380. The van der Waals surface area contributed by atoms with Gasteiger partial charge in [-0.05, 0) is 11.6 Å². The highest BCUT2D eigenvalue weighted by Crippen LogP contribution is 2.26. The number of carbonyl (C=O) groups excluding carboxylic acids is 1. The van der Waals surface area contributed by atoms with Gasteiger partial charge < -0.3 is 26.1 Å². The van der Waals surface area contributed by atoms with Crippen molar-refractivity contribution in [3.05, 3.63) is 47.5 Å². The van der Waals surface area contributed by atoms with E-state index in [1.54, 1.807) is 13.1 Å². The number of hydrogen-bond donors (Lipinski definition) is 5. The second-order valence-electron chi connectivity index (χ2n) is 5.78. The fourth-order valence-electron chi connectivity index (χ4n) is 2.79. The molecular formula is C18H22N6O2. The van der Waals surface area contributed by atoms with Crippen LogP contribution in [-0.4, -0.2) is 44.0 Å². The van der Waals surface area contributed by atoms with E-state index in [0.29, 0.717) is 42.6 Å². The van der Waals surface area contributed by atoms with E-state index in [1.807, 2.05) is 30.3 Å². The first-order valence-electron chi connectivity index (χ1n) is 8.38. The second kappa shape index (κ2) is 8.30. The van der Waals surface area contributed by atoms with Crippen molar-refractivity contribution in [1.82, 2.24) is 10.3 Å². The smallest absolute Gasteiger partial charge is 0.320 e. The van der Waals surface area contributed by atoms with Crippen molar-refractivity contribution >= 4 is 29.6 Å². The van der Waals surface area contributed by atoms with Gasteiger partial charge in [-0.3, -0.25) is 5.32 Å². The molecular weight excluding hydrogens is 332 g/mol. The number of urea groups is 1. The van der Waals surface area contributed by atoms with Crippen LogP contribution in [0.5, 0.6) is 0 Å². The van der Waals surface area contributed by atoms with Gasteiger partial charge in [0.1, 0.15) is 5.82 Å². The second-order valence-corrected chi connectivity index (χ2v) is 5.78. The molecule has 0 radical (unpaired) electrons. The number of aromatic nitrogens is 1. The Bertz CT molecular complexity index is 781. The molecule has 1 aromatic carbocycles. The van der Waals surface area contributed by atoms with E-state index in [2.05, 4.69) is 26.3 Å². The monoisotopic (exact) mass is 354 g/mol. The van der Waals surface area contributed by atoms with Gasteiger partial charge in [-0.2, -0.15) is 0 Å². The lowest BCUT2D eigenvalue weighted by Crippen LogP contribution is -2.36. The maximum atomic E-state index is 12.4. The standard InChI is InChI=1S/C18H22N6O2/c1-20-16-13(10-19)9-15-23-17(16)21-7-8-26-11-14(22-18(25)24-15)12-5-3-2-4-6-12/h2-6,9-10,14,19-20H,7-8,11H2,1H3,(H3,21,22,23,24,25)/t14-/m1/s1. The van der Waals surface area contributed by atoms with Crippen LogP contribution in [0.3, 0.4) is 0 Å². The molecule has 2 heterocycles. The Morgan fingerprint density at radius 3 is 2.88 bits per heavy atom. The lowest BCUT2D eigenvalue weighted by Gasteiger charge is -2.22. The van der Waals surface area contributed by atoms with Crippen LogP contribution in [0.2, 0.25) is 0 Å². The van der Waals surface area contributed by atoms with E-state index >= 15 is 0 Å². The molecule has 3 rings (SSSR count). The average molecular weight is 354 g/mol. The van der Waals surface area contributed by atoms with E-state index < -0.39 is 0 Å². The first-order valence-corrected chi connectivity index (χ1v) is 8.38. The number of ether oxygens (including phenoxy) is 1. The minimum absolute atomic E-state index is 0.270. The van der Waals surface area contributed by atoms with E-state index in [1.165, 1.54) is 6.21 Å². The van der Waals surface area contributed by atoms with Gasteiger partial charge in [0.25, 0.3) is 0 Å². The van der Waals surface area contributed by atoms with Gasteiger partial charge >= 0.3 is 6.03 Å². The Morgan fingerprint density at radius 1 is 1.35 bits per heavy atom. The number of fused-ring (bicyclic) bond motifs is 2. The summed E-state index contributed by atoms with van der Waals surface area (Å²) in [5, 5.41) is 19.5. The fourth-order valence-corrected chi connectivity index (χ4v) is 2.79. The van der Waals surface area contributed by atoms with Crippen molar-refractivity contribution in [3.8, 4) is 0 Å². The lowest BCUT2D eigenvalue weighted by atomic mass is 10.1. The zero-order chi connectivity index (χ0) is 18.4. The Morgan fingerprint density at radius 2 is 2.15 bits per heavy atom. The summed E-state index contributed by atoms with van der Waals surface area (Å²) in [6.45, 7) is 1.38. The lowest BCUT2D eigenvalue weighted by molar-refractivity contribution is 0.122. The average Bonchev–Trinajstić information content (AvgIpc) is 2.66. The van der Waals surface area contributed by atoms with Crippen LogP contribution in [0.1, 0.15) is 17.2 Å². The third-order valence-electron chi connectivity index (χ3n) is 4.03. The predicted octanol–water partition coefficient (Wildman–Crippen LogP) is 2.43. The summed E-state index contributed by atoms with van der Waals surface area (Å²) < 4.78 is 5.73. The molecule has 136 valence electrons. The number of anilines is 3. The van der Waals surface area contributed by atoms with Crippen LogP contribution in [0.4, 0.5) is 22.1 Å². The molecule has 0 spiro atoms. The molecule has 2 amide bonds. The molecule has 1 aliphatic rings. The zero-order valence-electron chi connectivity index (χ0n) is 14.5. The maximum absolute atomic E-state index is 12.4. The van der Waals surface area contributed by atoms with E-state index in [4.69, 9.17) is 10.1 Å². The molecule has 0 saturated carbocycles. The first-order chi connectivity index (χ1) is 12.7. The Kier molecular flexibility index (Phi) is 5.65. The van der Waals surface area contributed by atoms with Crippen LogP contribution in [0.25, 0.3) is 0 Å². The van der Waals surface area contributed by atoms with E-state index in [9.17, 15) is 4.79 Å². The summed E-state index contributed by atoms with van der Waals surface area (Å²) in [5.74, 6) is 0.934. The molecule has 0 fully saturated rings. The van der Waals surface area contributed by atoms with Crippen LogP contribution in [0.15, 0.2) is 36.4 Å². The van der Waals surface area contributed by atoms with Gasteiger partial charge in [0.2, 0.25) is 0 Å². The fraction of sp³-hybridized carbons (Fsp3) is 0.278. The van der Waals surface area contributed by atoms with Crippen molar-refractivity contribution in [2.75, 3.05) is 42.8 Å². The van der Waals surface area contributed by atoms with Gasteiger partial charge in [-0.25, -0.2) is 9.78 Å². The van der Waals surface area contributed by atoms with Crippen LogP contribution >= 0.6 is 0 Å². The number of hydrogen-bond acceptors (Lipinski definition) is 6. The molecule has 1 aliphatic heterocycles. The van der Waals surface area contributed by atoms with Gasteiger partial charge in [0.05, 0.1) is 24.9 Å². The van der Waals surface area contributed by atoms with Crippen LogP contribution < -0.4 is 21.3 Å². The van der Waals surface area contributed by atoms with Gasteiger partial charge in [-0.15, -0.1) is 0 Å². The number of carbonyl (C=O) groups is 1. The highest BCUT2D eigenvalue weighted by atomic mass is 16.5. The molecule has 5 N–H and O–H groups in total. The number of benzene rings is 1. The summed E-state index contributed by atoms with van der Waals surface area (Å²) in [6.07, 6.45) is 1.22. The van der Waals surface area contributed by atoms with E-state index in [0.717, 1.165) is 5.56 Å². The highest BCUT2D eigenvalue weighted by Gasteiger charge is 2.18. The first kappa shape index (κ1) is 17.7. The number of nitrogens with zero attached hydrogens (tertiary/aromatic N) is 1. The van der Waals surface area contributed by atoms with Crippen molar-refractivity contribution in [3.63, 3.8) is 0 Å². The Balaban J connectivity index is 1.88.